The smallest absolute Gasteiger partial charge is 0.179 e. The Labute approximate surface area is 69.4 Å². The number of hydrogen-bond donors (Lipinski definition) is 0. The lowest BCUT2D eigenvalue weighted by Crippen LogP contribution is -1.82. The molecule has 1 heterocycles. The van der Waals surface area contributed by atoms with E-state index in [2.05, 4.69) is 13.2 Å². The molecule has 0 saturated heterocycles. The van der Waals surface area contributed by atoms with E-state index in [0.717, 1.165) is 0 Å². The Morgan fingerprint density at radius 1 is 1.09 bits per heavy atom. The Kier molecular flexibility index (Phi) is 2.74. The minimum Gasteiger partial charge on any atom is -0.461 e. The second-order valence-corrected chi connectivity index (χ2v) is 2.41. The van der Waals surface area contributed by atoms with E-state index in [1.165, 1.54) is 23.9 Å². The van der Waals surface area contributed by atoms with Crippen molar-refractivity contribution in [3.63, 3.8) is 0 Å². The molecule has 2 nitrogen and oxygen atoms in total. The summed E-state index contributed by atoms with van der Waals surface area (Å²) in [4.78, 5) is 0. The molecule has 0 radical (unpaired) electrons. The van der Waals surface area contributed by atoms with Crippen LogP contribution in [0.25, 0.3) is 0 Å². The van der Waals surface area contributed by atoms with Crippen LogP contribution in [0.4, 0.5) is 0 Å². The molecule has 11 heavy (non-hydrogen) atoms. The number of rotatable bonds is 4. The second-order valence-electron chi connectivity index (χ2n) is 1.67. The third-order valence-corrected chi connectivity index (χ3v) is 1.71. The van der Waals surface area contributed by atoms with E-state index < -0.39 is 0 Å². The molecule has 3 heteroatoms. The highest BCUT2D eigenvalue weighted by atomic mass is 32.1. The average Bonchev–Trinajstić information content (AvgIpc) is 2.39. The van der Waals surface area contributed by atoms with Gasteiger partial charge in [0.1, 0.15) is 0 Å². The maximum atomic E-state index is 5.03. The highest BCUT2D eigenvalue weighted by Crippen LogP contribution is 2.31. The monoisotopic (exact) mass is 168 g/mol. The zero-order valence-corrected chi connectivity index (χ0v) is 6.76. The maximum Gasteiger partial charge on any atom is 0.179 e. The molecule has 0 atom stereocenters. The van der Waals surface area contributed by atoms with Crippen molar-refractivity contribution < 1.29 is 9.47 Å². The van der Waals surface area contributed by atoms with Gasteiger partial charge in [-0.3, -0.25) is 0 Å². The van der Waals surface area contributed by atoms with E-state index >= 15 is 0 Å². The Morgan fingerprint density at radius 2 is 1.55 bits per heavy atom. The molecular weight excluding hydrogens is 160 g/mol. The highest BCUT2D eigenvalue weighted by Gasteiger charge is 2.02. The van der Waals surface area contributed by atoms with Crippen LogP contribution >= 0.6 is 11.3 Å². The molecular formula is C8H8O2S. The van der Waals surface area contributed by atoms with Crippen LogP contribution in [0, 0.1) is 0 Å². The fourth-order valence-electron chi connectivity index (χ4n) is 0.625. The molecule has 1 aromatic rings. The third kappa shape index (κ3) is 1.85. The summed E-state index contributed by atoms with van der Waals surface area (Å²) in [6.07, 6.45) is 2.72. The summed E-state index contributed by atoms with van der Waals surface area (Å²) in [6, 6.07) is 0. The van der Waals surface area contributed by atoms with Gasteiger partial charge in [-0.05, 0) is 0 Å². The summed E-state index contributed by atoms with van der Waals surface area (Å²) < 4.78 is 10.1. The van der Waals surface area contributed by atoms with Gasteiger partial charge in [0.15, 0.2) is 11.5 Å². The van der Waals surface area contributed by atoms with Crippen molar-refractivity contribution in [3.8, 4) is 11.5 Å². The fraction of sp³-hybridized carbons (Fsp3) is 0. The molecule has 0 aliphatic carbocycles. The van der Waals surface area contributed by atoms with Crippen molar-refractivity contribution in [2.75, 3.05) is 0 Å². The van der Waals surface area contributed by atoms with Gasteiger partial charge in [-0.15, -0.1) is 11.3 Å². The minimum atomic E-state index is 0.671. The Hall–Kier alpha value is -1.22. The van der Waals surface area contributed by atoms with Crippen LogP contribution in [0.3, 0.4) is 0 Å². The lowest BCUT2D eigenvalue weighted by atomic mass is 10.5. The molecule has 0 aliphatic heterocycles. The first-order valence-corrected chi connectivity index (χ1v) is 3.94. The topological polar surface area (TPSA) is 18.5 Å². The van der Waals surface area contributed by atoms with E-state index in [0.29, 0.717) is 11.5 Å². The van der Waals surface area contributed by atoms with Crippen LogP contribution in [0.15, 0.2) is 36.4 Å². The predicted octanol–water partition coefficient (Wildman–Crippen LogP) is 2.79. The molecule has 0 bridgehead atoms. The van der Waals surface area contributed by atoms with Gasteiger partial charge in [-0.2, -0.15) is 0 Å². The molecule has 0 unspecified atom stereocenters. The van der Waals surface area contributed by atoms with Crippen LogP contribution in [-0.4, -0.2) is 0 Å². The molecule has 0 aromatic carbocycles. The van der Waals surface area contributed by atoms with Crippen molar-refractivity contribution in [2.45, 2.75) is 0 Å². The number of thiophene rings is 1. The molecule has 0 spiro atoms. The molecule has 0 saturated carbocycles. The number of ether oxygens (including phenoxy) is 2. The van der Waals surface area contributed by atoms with E-state index in [4.69, 9.17) is 9.47 Å². The lowest BCUT2D eigenvalue weighted by molar-refractivity contribution is 0.422. The number of hydrogen-bond acceptors (Lipinski definition) is 3. The first-order valence-electron chi connectivity index (χ1n) is 2.99. The van der Waals surface area contributed by atoms with Crippen molar-refractivity contribution in [1.29, 1.82) is 0 Å². The van der Waals surface area contributed by atoms with E-state index in [9.17, 15) is 0 Å². The summed E-state index contributed by atoms with van der Waals surface area (Å²) >= 11 is 1.50. The SMILES string of the molecule is C=COc1cscc1OC=C. The summed E-state index contributed by atoms with van der Waals surface area (Å²) in [7, 11) is 0. The Bertz CT molecular complexity index is 228. The summed E-state index contributed by atoms with van der Waals surface area (Å²) in [5.41, 5.74) is 0. The van der Waals surface area contributed by atoms with Gasteiger partial charge in [0.25, 0.3) is 0 Å². The zero-order chi connectivity index (χ0) is 8.10. The van der Waals surface area contributed by atoms with E-state index in [1.807, 2.05) is 10.8 Å². The van der Waals surface area contributed by atoms with Crippen LogP contribution < -0.4 is 9.47 Å². The molecule has 0 aliphatic rings. The molecule has 1 rings (SSSR count). The summed E-state index contributed by atoms with van der Waals surface area (Å²) in [6.45, 7) is 6.88. The molecule has 58 valence electrons. The van der Waals surface area contributed by atoms with Crippen LogP contribution in [-0.2, 0) is 0 Å². The first kappa shape index (κ1) is 7.88. The predicted molar refractivity (Wildman–Crippen MR) is 46.0 cm³/mol. The van der Waals surface area contributed by atoms with Crippen LogP contribution in [0.5, 0.6) is 11.5 Å². The van der Waals surface area contributed by atoms with Gasteiger partial charge in [-0.1, -0.05) is 13.2 Å². The first-order chi connectivity index (χ1) is 5.38. The van der Waals surface area contributed by atoms with Gasteiger partial charge in [-0.25, -0.2) is 0 Å². The third-order valence-electron chi connectivity index (χ3n) is 1.01. The van der Waals surface area contributed by atoms with Gasteiger partial charge < -0.3 is 9.47 Å². The van der Waals surface area contributed by atoms with E-state index in [1.54, 1.807) is 0 Å². The quantitative estimate of drug-likeness (QED) is 0.643. The van der Waals surface area contributed by atoms with Gasteiger partial charge >= 0.3 is 0 Å². The standard InChI is InChI=1S/C8H8O2S/c1-3-9-7-5-11-6-8(7)10-4-2/h3-6H,1-2H2. The van der Waals surface area contributed by atoms with Crippen molar-refractivity contribution in [1.82, 2.24) is 0 Å². The molecule has 0 N–H and O–H groups in total. The lowest BCUT2D eigenvalue weighted by Gasteiger charge is -1.99. The highest BCUT2D eigenvalue weighted by molar-refractivity contribution is 7.08. The van der Waals surface area contributed by atoms with Gasteiger partial charge in [0.05, 0.1) is 12.5 Å². The van der Waals surface area contributed by atoms with E-state index in [-0.39, 0.29) is 0 Å². The van der Waals surface area contributed by atoms with Crippen LogP contribution in [0.2, 0.25) is 0 Å². The maximum absolute atomic E-state index is 5.03. The molecule has 0 amide bonds. The van der Waals surface area contributed by atoms with Crippen LogP contribution in [0.1, 0.15) is 0 Å². The average molecular weight is 168 g/mol. The Morgan fingerprint density at radius 3 is 1.91 bits per heavy atom. The van der Waals surface area contributed by atoms with Gasteiger partial charge in [0.2, 0.25) is 0 Å². The molecule has 1 aromatic heterocycles. The van der Waals surface area contributed by atoms with Gasteiger partial charge in [0, 0.05) is 10.8 Å². The second kappa shape index (κ2) is 3.83. The van der Waals surface area contributed by atoms with Crippen molar-refractivity contribution in [2.24, 2.45) is 0 Å². The van der Waals surface area contributed by atoms with Crippen molar-refractivity contribution >= 4 is 11.3 Å². The normalized spacial score (nSPS) is 8.73. The minimum absolute atomic E-state index is 0.671. The van der Waals surface area contributed by atoms with Crippen molar-refractivity contribution in [3.05, 3.63) is 36.4 Å². The Balaban J connectivity index is 2.76. The summed E-state index contributed by atoms with van der Waals surface area (Å²) in [5.74, 6) is 1.34. The largest absolute Gasteiger partial charge is 0.461 e. The molecule has 0 fully saturated rings. The zero-order valence-electron chi connectivity index (χ0n) is 5.95. The fourth-order valence-corrected chi connectivity index (χ4v) is 1.28. The summed E-state index contributed by atoms with van der Waals surface area (Å²) in [5, 5.41) is 3.67.